The molecule has 1 N–H and O–H groups in total. The molecule has 0 aromatic heterocycles. The van der Waals surface area contributed by atoms with Gasteiger partial charge in [0.1, 0.15) is 6.61 Å². The van der Waals surface area contributed by atoms with Crippen LogP contribution in [0.2, 0.25) is 5.02 Å². The molecule has 0 spiro atoms. The highest BCUT2D eigenvalue weighted by molar-refractivity contribution is 6.30. The maximum atomic E-state index is 12.0. The lowest BCUT2D eigenvalue weighted by molar-refractivity contribution is -0.145. The molecule has 1 fully saturated rings. The van der Waals surface area contributed by atoms with Crippen LogP contribution in [-0.4, -0.2) is 17.9 Å². The monoisotopic (exact) mass is 357 g/mol. The minimum absolute atomic E-state index is 0.0163. The topological polar surface area (TPSA) is 55.4 Å². The third-order valence-electron chi connectivity index (χ3n) is 4.44. The molecular weight excluding hydrogens is 338 g/mol. The number of nitrogens with one attached hydrogen (secondary N) is 1. The van der Waals surface area contributed by atoms with E-state index in [0.29, 0.717) is 17.9 Å². The van der Waals surface area contributed by atoms with Crippen molar-refractivity contribution in [3.63, 3.8) is 0 Å². The number of carbonyl (C=O) groups is 2. The van der Waals surface area contributed by atoms with Crippen molar-refractivity contribution in [3.8, 4) is 0 Å². The fourth-order valence-corrected chi connectivity index (χ4v) is 3.25. The molecule has 1 saturated heterocycles. The van der Waals surface area contributed by atoms with E-state index in [9.17, 15) is 9.59 Å². The molecule has 25 heavy (non-hydrogen) atoms. The second-order valence-corrected chi connectivity index (χ2v) is 6.66. The molecule has 4 nitrogen and oxygen atoms in total. The van der Waals surface area contributed by atoms with Gasteiger partial charge < -0.3 is 10.1 Å². The van der Waals surface area contributed by atoms with Gasteiger partial charge in [-0.05, 0) is 29.7 Å². The Balaban J connectivity index is 1.53. The second kappa shape index (κ2) is 8.17. The number of amides is 1. The lowest BCUT2D eigenvalue weighted by Gasteiger charge is -2.19. The Kier molecular flexibility index (Phi) is 5.71. The van der Waals surface area contributed by atoms with E-state index >= 15 is 0 Å². The highest BCUT2D eigenvalue weighted by atomic mass is 35.5. The molecular formula is C20H20ClNO3. The van der Waals surface area contributed by atoms with E-state index in [0.717, 1.165) is 11.1 Å². The average molecular weight is 358 g/mol. The number of hydrogen-bond acceptors (Lipinski definition) is 3. The van der Waals surface area contributed by atoms with Gasteiger partial charge in [0.15, 0.2) is 0 Å². The highest BCUT2D eigenvalue weighted by Crippen LogP contribution is 2.31. The summed E-state index contributed by atoms with van der Waals surface area (Å²) in [6.45, 7) is 0.275. The molecule has 0 aliphatic carbocycles. The fraction of sp³-hybridized carbons (Fsp3) is 0.300. The van der Waals surface area contributed by atoms with Gasteiger partial charge in [0, 0.05) is 29.8 Å². The first-order chi connectivity index (χ1) is 12.1. The minimum atomic E-state index is -0.250. The van der Waals surface area contributed by atoms with Crippen molar-refractivity contribution in [2.75, 3.05) is 0 Å². The van der Waals surface area contributed by atoms with Gasteiger partial charge in [-0.25, -0.2) is 0 Å². The van der Waals surface area contributed by atoms with Gasteiger partial charge in [-0.3, -0.25) is 9.59 Å². The van der Waals surface area contributed by atoms with Crippen LogP contribution in [0.1, 0.15) is 36.3 Å². The third-order valence-corrected chi connectivity index (χ3v) is 4.69. The van der Waals surface area contributed by atoms with E-state index in [-0.39, 0.29) is 36.9 Å². The summed E-state index contributed by atoms with van der Waals surface area (Å²) in [5.41, 5.74) is 2.02. The molecule has 2 aromatic carbocycles. The van der Waals surface area contributed by atoms with Crippen molar-refractivity contribution in [1.82, 2.24) is 5.32 Å². The smallest absolute Gasteiger partial charge is 0.306 e. The number of halogens is 1. The molecule has 1 heterocycles. The first-order valence-corrected chi connectivity index (χ1v) is 8.74. The van der Waals surface area contributed by atoms with Crippen molar-refractivity contribution in [2.45, 2.75) is 37.8 Å². The first kappa shape index (κ1) is 17.5. The molecule has 0 radical (unpaired) electrons. The molecule has 5 heteroatoms. The standard InChI is InChI=1S/C20H20ClNO3/c21-16-8-6-15(7-9-16)17-12-19(23)22-18(17)10-11-20(24)25-13-14-4-2-1-3-5-14/h1-9,17-18H,10-13H2,(H,22,23). The largest absolute Gasteiger partial charge is 0.461 e. The Morgan fingerprint density at radius 2 is 1.84 bits per heavy atom. The van der Waals surface area contributed by atoms with Crippen molar-refractivity contribution in [1.29, 1.82) is 0 Å². The molecule has 2 atom stereocenters. The summed E-state index contributed by atoms with van der Waals surface area (Å²) in [6, 6.07) is 17.0. The molecule has 3 rings (SSSR count). The van der Waals surface area contributed by atoms with Crippen LogP contribution in [0, 0.1) is 0 Å². The van der Waals surface area contributed by atoms with E-state index in [4.69, 9.17) is 16.3 Å². The molecule has 2 aromatic rings. The van der Waals surface area contributed by atoms with Gasteiger partial charge in [-0.15, -0.1) is 0 Å². The normalized spacial score (nSPS) is 19.5. The summed E-state index contributed by atoms with van der Waals surface area (Å²) in [5, 5.41) is 3.64. The predicted octanol–water partition coefficient (Wildman–Crippen LogP) is 3.84. The predicted molar refractivity (Wildman–Crippen MR) is 96.2 cm³/mol. The molecule has 0 saturated carbocycles. The van der Waals surface area contributed by atoms with Gasteiger partial charge in [0.05, 0.1) is 0 Å². The van der Waals surface area contributed by atoms with E-state index in [2.05, 4.69) is 5.32 Å². The summed E-state index contributed by atoms with van der Waals surface area (Å²) < 4.78 is 5.30. The van der Waals surface area contributed by atoms with Crippen LogP contribution in [0.5, 0.6) is 0 Å². The number of carbonyl (C=O) groups excluding carboxylic acids is 2. The minimum Gasteiger partial charge on any atom is -0.461 e. The van der Waals surface area contributed by atoms with Gasteiger partial charge >= 0.3 is 5.97 Å². The molecule has 2 unspecified atom stereocenters. The van der Waals surface area contributed by atoms with E-state index in [1.807, 2.05) is 54.6 Å². The highest BCUT2D eigenvalue weighted by Gasteiger charge is 2.33. The van der Waals surface area contributed by atoms with Gasteiger partial charge in [-0.1, -0.05) is 54.1 Å². The summed E-state index contributed by atoms with van der Waals surface area (Å²) >= 11 is 5.93. The molecule has 1 amide bonds. The van der Waals surface area contributed by atoms with Crippen LogP contribution in [0.15, 0.2) is 54.6 Å². The molecule has 0 bridgehead atoms. The lowest BCUT2D eigenvalue weighted by atomic mass is 9.89. The SMILES string of the molecule is O=C1CC(c2ccc(Cl)cc2)C(CCC(=O)OCc2ccccc2)N1. The number of hydrogen-bond donors (Lipinski definition) is 1. The van der Waals surface area contributed by atoms with E-state index < -0.39 is 0 Å². The van der Waals surface area contributed by atoms with E-state index in [1.165, 1.54) is 0 Å². The second-order valence-electron chi connectivity index (χ2n) is 6.22. The number of esters is 1. The third kappa shape index (κ3) is 4.83. The van der Waals surface area contributed by atoms with Gasteiger partial charge in [0.2, 0.25) is 5.91 Å². The van der Waals surface area contributed by atoms with Crippen molar-refractivity contribution in [2.24, 2.45) is 0 Å². The van der Waals surface area contributed by atoms with Gasteiger partial charge in [-0.2, -0.15) is 0 Å². The van der Waals surface area contributed by atoms with Crippen LogP contribution in [0.4, 0.5) is 0 Å². The Hall–Kier alpha value is -2.33. The molecule has 1 aliphatic rings. The van der Waals surface area contributed by atoms with Crippen molar-refractivity contribution in [3.05, 3.63) is 70.7 Å². The maximum absolute atomic E-state index is 12.0. The first-order valence-electron chi connectivity index (χ1n) is 8.36. The molecule has 130 valence electrons. The maximum Gasteiger partial charge on any atom is 0.306 e. The number of ether oxygens (including phenoxy) is 1. The summed E-state index contributed by atoms with van der Waals surface area (Å²) in [5.74, 6) is -0.172. The quantitative estimate of drug-likeness (QED) is 0.799. The van der Waals surface area contributed by atoms with Crippen LogP contribution in [-0.2, 0) is 20.9 Å². The van der Waals surface area contributed by atoms with Gasteiger partial charge in [0.25, 0.3) is 0 Å². The Bertz CT molecular complexity index is 730. The zero-order valence-corrected chi connectivity index (χ0v) is 14.5. The van der Waals surface area contributed by atoms with Crippen LogP contribution in [0.25, 0.3) is 0 Å². The molecule has 1 aliphatic heterocycles. The van der Waals surface area contributed by atoms with Crippen molar-refractivity contribution < 1.29 is 14.3 Å². The lowest BCUT2D eigenvalue weighted by Crippen LogP contribution is -2.29. The zero-order valence-electron chi connectivity index (χ0n) is 13.8. The summed E-state index contributed by atoms with van der Waals surface area (Å²) in [4.78, 5) is 23.8. The fourth-order valence-electron chi connectivity index (χ4n) is 3.13. The number of benzene rings is 2. The van der Waals surface area contributed by atoms with Crippen LogP contribution < -0.4 is 5.32 Å². The van der Waals surface area contributed by atoms with Crippen LogP contribution in [0.3, 0.4) is 0 Å². The Labute approximate surface area is 152 Å². The van der Waals surface area contributed by atoms with E-state index in [1.54, 1.807) is 0 Å². The average Bonchev–Trinajstić information content (AvgIpc) is 3.00. The Morgan fingerprint density at radius 3 is 2.56 bits per heavy atom. The number of rotatable bonds is 6. The Morgan fingerprint density at radius 1 is 1.12 bits per heavy atom. The van der Waals surface area contributed by atoms with Crippen LogP contribution >= 0.6 is 11.6 Å². The van der Waals surface area contributed by atoms with Crippen molar-refractivity contribution >= 4 is 23.5 Å². The summed E-state index contributed by atoms with van der Waals surface area (Å²) in [6.07, 6.45) is 1.28. The zero-order chi connectivity index (χ0) is 17.6. The summed E-state index contributed by atoms with van der Waals surface area (Å²) in [7, 11) is 0.